The Balaban J connectivity index is 1.75. The van der Waals surface area contributed by atoms with Crippen molar-refractivity contribution < 1.29 is 0 Å². The second-order valence-electron chi connectivity index (χ2n) is 6.57. The first-order valence-corrected chi connectivity index (χ1v) is 9.26. The third-order valence-corrected chi connectivity index (χ3v) is 4.64. The van der Waals surface area contributed by atoms with Crippen LogP contribution in [0, 0.1) is 13.8 Å². The van der Waals surface area contributed by atoms with Gasteiger partial charge in [0, 0.05) is 5.69 Å². The van der Waals surface area contributed by atoms with Crippen molar-refractivity contribution in [3.05, 3.63) is 101 Å². The van der Waals surface area contributed by atoms with Gasteiger partial charge in [-0.3, -0.25) is 0 Å². The van der Waals surface area contributed by atoms with Crippen LogP contribution in [0.25, 0.3) is 0 Å². The number of rotatable bonds is 5. The zero-order chi connectivity index (χ0) is 18.4. The second-order valence-corrected chi connectivity index (χ2v) is 6.98. The highest BCUT2D eigenvalue weighted by Crippen LogP contribution is 2.20. The summed E-state index contributed by atoms with van der Waals surface area (Å²) in [5.74, 6) is 0. The molecular weight excluding hydrogens is 336 g/mol. The number of aryl methyl sites for hydroxylation is 2. The molecular formula is C23H24N2S. The third-order valence-electron chi connectivity index (χ3n) is 4.42. The van der Waals surface area contributed by atoms with Gasteiger partial charge in [0.2, 0.25) is 0 Å². The molecule has 3 rings (SSSR count). The Labute approximate surface area is 161 Å². The fourth-order valence-corrected chi connectivity index (χ4v) is 3.31. The zero-order valence-corrected chi connectivity index (χ0v) is 16.0. The minimum absolute atomic E-state index is 0.115. The number of anilines is 1. The number of benzene rings is 3. The van der Waals surface area contributed by atoms with Gasteiger partial charge in [0.15, 0.2) is 5.11 Å². The van der Waals surface area contributed by atoms with Gasteiger partial charge in [0.1, 0.15) is 0 Å². The maximum absolute atomic E-state index is 5.60. The van der Waals surface area contributed by atoms with Crippen LogP contribution in [0.2, 0.25) is 0 Å². The maximum atomic E-state index is 5.60. The summed E-state index contributed by atoms with van der Waals surface area (Å²) in [6.07, 6.45) is 0.875. The summed E-state index contributed by atoms with van der Waals surface area (Å²) in [7, 11) is 0. The monoisotopic (exact) mass is 360 g/mol. The van der Waals surface area contributed by atoms with Gasteiger partial charge >= 0.3 is 0 Å². The quantitative estimate of drug-likeness (QED) is 0.581. The molecule has 0 saturated heterocycles. The van der Waals surface area contributed by atoms with Crippen molar-refractivity contribution in [1.82, 2.24) is 5.32 Å². The summed E-state index contributed by atoms with van der Waals surface area (Å²) in [5.41, 5.74) is 5.98. The lowest BCUT2D eigenvalue weighted by Gasteiger charge is -2.22. The molecule has 1 atom stereocenters. The van der Waals surface area contributed by atoms with E-state index in [-0.39, 0.29) is 6.04 Å². The fourth-order valence-electron chi connectivity index (χ4n) is 3.06. The van der Waals surface area contributed by atoms with Crippen molar-refractivity contribution in [2.24, 2.45) is 0 Å². The molecule has 0 aliphatic carbocycles. The van der Waals surface area contributed by atoms with Crippen molar-refractivity contribution in [3.8, 4) is 0 Å². The molecule has 0 saturated carbocycles. The molecule has 1 unspecified atom stereocenters. The molecule has 3 aromatic rings. The van der Waals surface area contributed by atoms with E-state index in [1.807, 2.05) is 12.1 Å². The van der Waals surface area contributed by atoms with Crippen LogP contribution in [0.15, 0.2) is 78.9 Å². The van der Waals surface area contributed by atoms with E-state index in [0.717, 1.165) is 12.1 Å². The molecule has 132 valence electrons. The van der Waals surface area contributed by atoms with Crippen LogP contribution >= 0.6 is 12.2 Å². The fraction of sp³-hybridized carbons (Fsp3) is 0.174. The minimum atomic E-state index is 0.115. The second kappa shape index (κ2) is 8.63. The molecule has 0 aliphatic heterocycles. The zero-order valence-electron chi connectivity index (χ0n) is 15.2. The topological polar surface area (TPSA) is 24.1 Å². The molecule has 26 heavy (non-hydrogen) atoms. The van der Waals surface area contributed by atoms with Gasteiger partial charge in [-0.1, -0.05) is 78.4 Å². The van der Waals surface area contributed by atoms with E-state index in [4.69, 9.17) is 12.2 Å². The Bertz CT molecular complexity index is 860. The molecule has 3 aromatic carbocycles. The van der Waals surface area contributed by atoms with E-state index in [1.165, 1.54) is 22.3 Å². The van der Waals surface area contributed by atoms with Crippen LogP contribution < -0.4 is 10.6 Å². The van der Waals surface area contributed by atoms with Crippen molar-refractivity contribution in [2.45, 2.75) is 26.3 Å². The molecule has 0 spiro atoms. The highest BCUT2D eigenvalue weighted by atomic mass is 32.1. The highest BCUT2D eigenvalue weighted by molar-refractivity contribution is 7.80. The first kappa shape index (κ1) is 18.2. The molecule has 0 bridgehead atoms. The minimum Gasteiger partial charge on any atom is -0.355 e. The summed E-state index contributed by atoms with van der Waals surface area (Å²) in [6, 6.07) is 27.4. The number of thiocarbonyl (C=S) groups is 1. The Morgan fingerprint density at radius 2 is 1.54 bits per heavy atom. The molecule has 0 amide bonds. The number of hydrogen-bond donors (Lipinski definition) is 2. The molecule has 2 N–H and O–H groups in total. The number of hydrogen-bond acceptors (Lipinski definition) is 1. The summed E-state index contributed by atoms with van der Waals surface area (Å²) in [4.78, 5) is 0. The van der Waals surface area contributed by atoms with E-state index in [2.05, 4.69) is 91.2 Å². The lowest BCUT2D eigenvalue weighted by Crippen LogP contribution is -2.33. The van der Waals surface area contributed by atoms with Crippen LogP contribution in [0.4, 0.5) is 5.69 Å². The van der Waals surface area contributed by atoms with Gasteiger partial charge in [0.25, 0.3) is 0 Å². The van der Waals surface area contributed by atoms with E-state index in [1.54, 1.807) is 0 Å². The van der Waals surface area contributed by atoms with Gasteiger partial charge in [-0.15, -0.1) is 0 Å². The average Bonchev–Trinajstić information content (AvgIpc) is 2.65. The largest absolute Gasteiger partial charge is 0.355 e. The van der Waals surface area contributed by atoms with Crippen LogP contribution in [-0.4, -0.2) is 5.11 Å². The molecule has 0 fully saturated rings. The van der Waals surface area contributed by atoms with E-state index >= 15 is 0 Å². The van der Waals surface area contributed by atoms with Crippen LogP contribution in [0.1, 0.15) is 28.3 Å². The number of nitrogens with one attached hydrogen (secondary N) is 2. The first-order valence-electron chi connectivity index (χ1n) is 8.85. The summed E-state index contributed by atoms with van der Waals surface area (Å²) >= 11 is 5.60. The Hall–Kier alpha value is -2.65. The SMILES string of the molecule is Cc1ccc(NC(=S)NC(Cc2ccccc2)c2ccccc2)c(C)c1. The molecule has 0 heterocycles. The van der Waals surface area contributed by atoms with Crippen LogP contribution in [-0.2, 0) is 6.42 Å². The molecule has 0 aliphatic rings. The Morgan fingerprint density at radius 1 is 0.885 bits per heavy atom. The van der Waals surface area contributed by atoms with Crippen molar-refractivity contribution in [1.29, 1.82) is 0 Å². The summed E-state index contributed by atoms with van der Waals surface area (Å²) in [5, 5.41) is 7.48. The van der Waals surface area contributed by atoms with Gasteiger partial charge < -0.3 is 10.6 Å². The van der Waals surface area contributed by atoms with Gasteiger partial charge in [-0.2, -0.15) is 0 Å². The van der Waals surface area contributed by atoms with Gasteiger partial charge in [-0.25, -0.2) is 0 Å². The summed E-state index contributed by atoms with van der Waals surface area (Å²) in [6.45, 7) is 4.19. The predicted molar refractivity (Wildman–Crippen MR) is 115 cm³/mol. The van der Waals surface area contributed by atoms with Crippen molar-refractivity contribution >= 4 is 23.0 Å². The first-order chi connectivity index (χ1) is 12.6. The highest BCUT2D eigenvalue weighted by Gasteiger charge is 2.14. The van der Waals surface area contributed by atoms with E-state index in [9.17, 15) is 0 Å². The molecule has 0 radical (unpaired) electrons. The van der Waals surface area contributed by atoms with Crippen LogP contribution in [0.3, 0.4) is 0 Å². The van der Waals surface area contributed by atoms with E-state index < -0.39 is 0 Å². The molecule has 0 aromatic heterocycles. The van der Waals surface area contributed by atoms with Crippen LogP contribution in [0.5, 0.6) is 0 Å². The van der Waals surface area contributed by atoms with E-state index in [0.29, 0.717) is 5.11 Å². The predicted octanol–water partition coefficient (Wildman–Crippen LogP) is 5.57. The third kappa shape index (κ3) is 4.93. The van der Waals surface area contributed by atoms with Gasteiger partial charge in [-0.05, 0) is 55.2 Å². The molecule has 3 heteroatoms. The van der Waals surface area contributed by atoms with Crippen molar-refractivity contribution in [2.75, 3.05) is 5.32 Å². The standard InChI is InChI=1S/C23H24N2S/c1-17-13-14-21(18(2)15-17)24-23(26)25-22(20-11-7-4-8-12-20)16-19-9-5-3-6-10-19/h3-15,22H,16H2,1-2H3,(H2,24,25,26). The lowest BCUT2D eigenvalue weighted by atomic mass is 9.99. The molecule has 2 nitrogen and oxygen atoms in total. The lowest BCUT2D eigenvalue weighted by molar-refractivity contribution is 0.648. The van der Waals surface area contributed by atoms with Gasteiger partial charge in [0.05, 0.1) is 6.04 Å². The average molecular weight is 361 g/mol. The van der Waals surface area contributed by atoms with Crippen molar-refractivity contribution in [3.63, 3.8) is 0 Å². The Morgan fingerprint density at radius 3 is 2.19 bits per heavy atom. The normalized spacial score (nSPS) is 11.6. The summed E-state index contributed by atoms with van der Waals surface area (Å²) < 4.78 is 0. The smallest absolute Gasteiger partial charge is 0.171 e. The maximum Gasteiger partial charge on any atom is 0.171 e. The Kier molecular flexibility index (Phi) is 6.03.